The topological polar surface area (TPSA) is 107 Å². The van der Waals surface area contributed by atoms with Gasteiger partial charge in [-0.05, 0) is 44.5 Å². The first kappa shape index (κ1) is 25.6. The monoisotopic (exact) mass is 584 g/mol. The molecule has 5 rings (SSSR count). The van der Waals surface area contributed by atoms with Crippen molar-refractivity contribution in [2.24, 2.45) is 0 Å². The molecule has 2 aromatic heterocycles. The van der Waals surface area contributed by atoms with Gasteiger partial charge in [-0.25, -0.2) is 9.97 Å². The Hall–Kier alpha value is -3.02. The third-order valence-electron chi connectivity index (χ3n) is 6.43. The Kier molecular flexibility index (Phi) is 7.45. The Morgan fingerprint density at radius 3 is 2.59 bits per heavy atom. The van der Waals surface area contributed by atoms with Crippen LogP contribution >= 0.6 is 27.3 Å². The van der Waals surface area contributed by atoms with E-state index in [0.29, 0.717) is 44.4 Å². The highest BCUT2D eigenvalue weighted by atomic mass is 79.9. The van der Waals surface area contributed by atoms with E-state index < -0.39 is 0 Å². The molecule has 1 aliphatic carbocycles. The van der Waals surface area contributed by atoms with Gasteiger partial charge >= 0.3 is 0 Å². The van der Waals surface area contributed by atoms with Crippen LogP contribution in [0.4, 0.5) is 11.8 Å². The van der Waals surface area contributed by atoms with Crippen molar-refractivity contribution in [1.29, 1.82) is 0 Å². The largest absolute Gasteiger partial charge is 0.484 e. The SMILES string of the molecule is CCOC1(C)C=CC(c2nc3c(N4CCN(C(=O)COc5ccc(Br)cc5)CC4)nc(N)nc3s2)=CC1. The minimum absolute atomic E-state index is 0.00670. The molecule has 37 heavy (non-hydrogen) atoms. The molecule has 0 spiro atoms. The number of rotatable bonds is 7. The lowest BCUT2D eigenvalue weighted by molar-refractivity contribution is -0.133. The molecule has 1 aliphatic heterocycles. The smallest absolute Gasteiger partial charge is 0.260 e. The van der Waals surface area contributed by atoms with E-state index in [1.165, 1.54) is 11.3 Å². The highest BCUT2D eigenvalue weighted by molar-refractivity contribution is 9.10. The summed E-state index contributed by atoms with van der Waals surface area (Å²) in [6.45, 7) is 7.14. The number of halogens is 1. The first-order valence-corrected chi connectivity index (χ1v) is 13.8. The molecule has 0 bridgehead atoms. The lowest BCUT2D eigenvalue weighted by atomic mass is 9.94. The molecule has 11 heteroatoms. The average molecular weight is 586 g/mol. The summed E-state index contributed by atoms with van der Waals surface area (Å²) in [4.78, 5) is 31.3. The molecule has 1 saturated heterocycles. The van der Waals surface area contributed by atoms with Crippen molar-refractivity contribution in [3.05, 3.63) is 52.0 Å². The predicted octanol–water partition coefficient (Wildman–Crippen LogP) is 4.30. The molecular weight excluding hydrogens is 556 g/mol. The standard InChI is InChI=1S/C26H29BrN6O3S/c1-3-36-26(2)10-8-17(9-11-26)23-29-21-22(30-25(28)31-24(21)37-23)33-14-12-32(13-15-33)20(34)16-35-19-6-4-18(27)5-7-19/h4-10H,3,11-16H2,1-2H3,(H2,28,30,31). The highest BCUT2D eigenvalue weighted by Gasteiger charge is 2.27. The number of amides is 1. The number of hydrogen-bond acceptors (Lipinski definition) is 9. The van der Waals surface area contributed by atoms with Crippen molar-refractivity contribution in [2.75, 3.05) is 50.0 Å². The number of carbonyl (C=O) groups excluding carboxylic acids is 1. The zero-order valence-electron chi connectivity index (χ0n) is 20.8. The van der Waals surface area contributed by atoms with Crippen LogP contribution in [0.25, 0.3) is 15.9 Å². The number of aromatic nitrogens is 3. The van der Waals surface area contributed by atoms with Gasteiger partial charge in [-0.15, -0.1) is 0 Å². The van der Waals surface area contributed by atoms with Gasteiger partial charge in [-0.1, -0.05) is 45.5 Å². The zero-order valence-corrected chi connectivity index (χ0v) is 23.2. The van der Waals surface area contributed by atoms with E-state index in [2.05, 4.69) is 55.9 Å². The Bertz CT molecular complexity index is 1350. The summed E-state index contributed by atoms with van der Waals surface area (Å²) in [5, 5.41) is 0.879. The van der Waals surface area contributed by atoms with Gasteiger partial charge in [-0.2, -0.15) is 4.98 Å². The van der Waals surface area contributed by atoms with Crippen molar-refractivity contribution in [3.8, 4) is 5.75 Å². The minimum Gasteiger partial charge on any atom is -0.484 e. The summed E-state index contributed by atoms with van der Waals surface area (Å²) in [7, 11) is 0. The van der Waals surface area contributed by atoms with Crippen molar-refractivity contribution in [1.82, 2.24) is 19.9 Å². The van der Waals surface area contributed by atoms with E-state index in [1.54, 1.807) is 0 Å². The molecular formula is C26H29BrN6O3S. The third-order valence-corrected chi connectivity index (χ3v) is 7.96. The van der Waals surface area contributed by atoms with Crippen LogP contribution in [-0.2, 0) is 9.53 Å². The van der Waals surface area contributed by atoms with Gasteiger partial charge in [-0.3, -0.25) is 4.79 Å². The predicted molar refractivity (Wildman–Crippen MR) is 150 cm³/mol. The number of benzene rings is 1. The summed E-state index contributed by atoms with van der Waals surface area (Å²) in [6.07, 6.45) is 7.10. The molecule has 0 saturated carbocycles. The fraction of sp³-hybridized carbons (Fsp3) is 0.385. The van der Waals surface area contributed by atoms with Gasteiger partial charge < -0.3 is 25.0 Å². The average Bonchev–Trinajstić information content (AvgIpc) is 3.32. The minimum atomic E-state index is -0.287. The number of carbonyl (C=O) groups is 1. The summed E-state index contributed by atoms with van der Waals surface area (Å²) in [5.74, 6) is 1.55. The van der Waals surface area contributed by atoms with E-state index in [1.807, 2.05) is 36.1 Å². The first-order valence-electron chi connectivity index (χ1n) is 12.2. The fourth-order valence-corrected chi connectivity index (χ4v) is 5.64. The third kappa shape index (κ3) is 5.78. The van der Waals surface area contributed by atoms with Crippen LogP contribution in [0.3, 0.4) is 0 Å². The summed E-state index contributed by atoms with van der Waals surface area (Å²) < 4.78 is 12.5. The second-order valence-electron chi connectivity index (χ2n) is 9.13. The van der Waals surface area contributed by atoms with Gasteiger partial charge in [0.25, 0.3) is 5.91 Å². The number of nitrogen functional groups attached to an aromatic ring is 1. The molecule has 1 unspecified atom stereocenters. The number of fused-ring (bicyclic) bond motifs is 1. The fourth-order valence-electron chi connectivity index (χ4n) is 4.41. The maximum Gasteiger partial charge on any atom is 0.260 e. The molecule has 3 aromatic rings. The van der Waals surface area contributed by atoms with Crippen molar-refractivity contribution in [2.45, 2.75) is 25.9 Å². The molecule has 0 radical (unpaired) electrons. The molecule has 1 fully saturated rings. The molecule has 2 N–H and O–H groups in total. The van der Waals surface area contributed by atoms with Crippen LogP contribution in [0.2, 0.25) is 0 Å². The van der Waals surface area contributed by atoms with Gasteiger partial charge in [0.1, 0.15) is 16.3 Å². The normalized spacial score (nSPS) is 19.8. The van der Waals surface area contributed by atoms with E-state index in [9.17, 15) is 4.79 Å². The van der Waals surface area contributed by atoms with Gasteiger partial charge in [0.15, 0.2) is 17.3 Å². The summed E-state index contributed by atoms with van der Waals surface area (Å²) >= 11 is 4.90. The maximum absolute atomic E-state index is 12.7. The number of nitrogens with zero attached hydrogens (tertiary/aromatic N) is 5. The number of thiazole rings is 1. The Morgan fingerprint density at radius 2 is 1.92 bits per heavy atom. The Morgan fingerprint density at radius 1 is 1.16 bits per heavy atom. The zero-order chi connectivity index (χ0) is 26.0. The quantitative estimate of drug-likeness (QED) is 0.438. The van der Waals surface area contributed by atoms with Crippen molar-refractivity contribution < 1.29 is 14.3 Å². The maximum atomic E-state index is 12.7. The molecule has 3 heterocycles. The lowest BCUT2D eigenvalue weighted by Gasteiger charge is -2.35. The van der Waals surface area contributed by atoms with Gasteiger partial charge in [0, 0.05) is 42.8 Å². The van der Waals surface area contributed by atoms with Crippen LogP contribution in [0, 0.1) is 0 Å². The van der Waals surface area contributed by atoms with Crippen molar-refractivity contribution in [3.63, 3.8) is 0 Å². The molecule has 2 aliphatic rings. The second kappa shape index (κ2) is 10.8. The molecule has 1 amide bonds. The van der Waals surface area contributed by atoms with Gasteiger partial charge in [0.05, 0.1) is 5.60 Å². The second-order valence-corrected chi connectivity index (χ2v) is 11.0. The van der Waals surface area contributed by atoms with Crippen molar-refractivity contribution >= 4 is 60.9 Å². The van der Waals surface area contributed by atoms with Gasteiger partial charge in [0.2, 0.25) is 5.95 Å². The number of hydrogen-bond donors (Lipinski definition) is 1. The number of anilines is 2. The van der Waals surface area contributed by atoms with E-state index in [4.69, 9.17) is 20.2 Å². The van der Waals surface area contributed by atoms with Crippen LogP contribution in [0.1, 0.15) is 25.3 Å². The number of allylic oxidation sites excluding steroid dienone is 2. The molecule has 1 aromatic carbocycles. The van der Waals surface area contributed by atoms with E-state index in [-0.39, 0.29) is 24.1 Å². The number of ether oxygens (including phenoxy) is 2. The number of piperazine rings is 1. The summed E-state index contributed by atoms with van der Waals surface area (Å²) in [5.41, 5.74) is 7.56. The van der Waals surface area contributed by atoms with Crippen LogP contribution in [0.5, 0.6) is 5.75 Å². The highest BCUT2D eigenvalue weighted by Crippen LogP contribution is 2.35. The molecule has 194 valence electrons. The van der Waals surface area contributed by atoms with E-state index >= 15 is 0 Å². The Labute approximate surface area is 228 Å². The summed E-state index contributed by atoms with van der Waals surface area (Å²) in [6, 6.07) is 7.43. The lowest BCUT2D eigenvalue weighted by Crippen LogP contribution is -2.50. The Balaban J connectivity index is 1.26. The first-order chi connectivity index (χ1) is 17.8. The van der Waals surface area contributed by atoms with Crippen LogP contribution < -0.4 is 15.4 Å². The van der Waals surface area contributed by atoms with E-state index in [0.717, 1.165) is 31.8 Å². The van der Waals surface area contributed by atoms with Crippen LogP contribution in [-0.4, -0.2) is 70.8 Å². The van der Waals surface area contributed by atoms with Crippen LogP contribution in [0.15, 0.2) is 47.0 Å². The molecule has 1 atom stereocenters. The molecule has 9 nitrogen and oxygen atoms in total. The number of nitrogens with two attached hydrogens (primary N) is 1.